The molecule has 0 heterocycles. The van der Waals surface area contributed by atoms with E-state index in [-0.39, 0.29) is 12.2 Å². The fraction of sp³-hybridized carbons (Fsp3) is 0.556. The van der Waals surface area contributed by atoms with Crippen molar-refractivity contribution in [1.29, 1.82) is 0 Å². The first kappa shape index (κ1) is 24.7. The Kier molecular flexibility index (Phi) is 8.07. The van der Waals surface area contributed by atoms with Gasteiger partial charge in [0.25, 0.3) is 0 Å². The summed E-state index contributed by atoms with van der Waals surface area (Å²) in [5.74, 6) is -0.942. The summed E-state index contributed by atoms with van der Waals surface area (Å²) in [6.07, 6.45) is -0.810. The lowest BCUT2D eigenvalue weighted by atomic mass is 9.96. The van der Waals surface area contributed by atoms with Crippen molar-refractivity contribution in [3.05, 3.63) is 28.8 Å². The van der Waals surface area contributed by atoms with Crippen molar-refractivity contribution in [2.45, 2.75) is 58.2 Å². The predicted molar refractivity (Wildman–Crippen MR) is 99.6 cm³/mol. The average molecular weight is 439 g/mol. The number of hydrogen-bond donors (Lipinski definition) is 1. The van der Waals surface area contributed by atoms with Crippen molar-refractivity contribution >= 4 is 23.1 Å². The number of nitrogens with one attached hydrogen (secondary N) is 1. The minimum Gasteiger partial charge on any atom is -0.467 e. The number of amides is 1. The zero-order valence-corrected chi connectivity index (χ0v) is 17.7. The number of ether oxygens (including phenoxy) is 2. The summed E-state index contributed by atoms with van der Waals surface area (Å²) in [7, 11) is 1.16. The molecule has 29 heavy (non-hydrogen) atoms. The van der Waals surface area contributed by atoms with E-state index < -0.39 is 40.3 Å². The van der Waals surface area contributed by atoms with Crippen molar-refractivity contribution in [1.82, 2.24) is 5.32 Å². The normalized spacial score (nSPS) is 14.0. The second-order valence-electron chi connectivity index (χ2n) is 7.23. The first-order valence-corrected chi connectivity index (χ1v) is 9.56. The Morgan fingerprint density at radius 1 is 1.14 bits per heavy atom. The van der Waals surface area contributed by atoms with Crippen LogP contribution in [0.1, 0.15) is 37.5 Å². The molecule has 0 spiro atoms. The van der Waals surface area contributed by atoms with Crippen LogP contribution in [0.3, 0.4) is 0 Å². The van der Waals surface area contributed by atoms with E-state index in [1.807, 2.05) is 0 Å². The van der Waals surface area contributed by atoms with Crippen molar-refractivity contribution in [3.63, 3.8) is 0 Å². The van der Waals surface area contributed by atoms with Crippen LogP contribution >= 0.6 is 0 Å². The number of hydrogen-bond acceptors (Lipinski definition) is 6. The van der Waals surface area contributed by atoms with Crippen LogP contribution in [0.4, 0.5) is 18.0 Å². The molecule has 0 aromatic heterocycles. The van der Waals surface area contributed by atoms with E-state index in [9.17, 15) is 27.0 Å². The van der Waals surface area contributed by atoms with Gasteiger partial charge in [0.2, 0.25) is 0 Å². The highest BCUT2D eigenvalue weighted by Gasteiger charge is 2.40. The summed E-state index contributed by atoms with van der Waals surface area (Å²) < 4.78 is 62.7. The number of esters is 1. The zero-order chi connectivity index (χ0) is 22.6. The van der Waals surface area contributed by atoms with Gasteiger partial charge in [-0.2, -0.15) is 13.2 Å². The maximum Gasteiger partial charge on any atom is 0.508 e. The molecule has 0 saturated carbocycles. The second-order valence-corrected chi connectivity index (χ2v) is 8.32. The van der Waals surface area contributed by atoms with E-state index >= 15 is 0 Å². The SMILES string of the molecule is COC(=O)[C@H](Cc1c(C)cc(OS(=O)C(F)(F)F)cc1C)NC(=O)OC(C)(C)C. The summed E-state index contributed by atoms with van der Waals surface area (Å²) in [5, 5.41) is 2.43. The van der Waals surface area contributed by atoms with Gasteiger partial charge in [0.15, 0.2) is 0 Å². The monoisotopic (exact) mass is 439 g/mol. The van der Waals surface area contributed by atoms with Gasteiger partial charge in [-0.05, 0) is 63.4 Å². The van der Waals surface area contributed by atoms with Gasteiger partial charge in [0, 0.05) is 6.42 Å². The number of methoxy groups -OCH3 is 1. The van der Waals surface area contributed by atoms with Gasteiger partial charge in [-0.1, -0.05) is 0 Å². The van der Waals surface area contributed by atoms with Gasteiger partial charge in [0.05, 0.1) is 7.11 Å². The Morgan fingerprint density at radius 3 is 2.07 bits per heavy atom. The number of alkyl halides is 3. The van der Waals surface area contributed by atoms with Crippen LogP contribution in [0, 0.1) is 13.8 Å². The number of alkyl carbamates (subject to hydrolysis) is 1. The molecular weight excluding hydrogens is 415 g/mol. The first-order chi connectivity index (χ1) is 13.1. The number of carbonyl (C=O) groups excluding carboxylic acids is 2. The van der Waals surface area contributed by atoms with Crippen molar-refractivity contribution in [2.75, 3.05) is 7.11 Å². The smallest absolute Gasteiger partial charge is 0.467 e. The summed E-state index contributed by atoms with van der Waals surface area (Å²) in [4.78, 5) is 24.1. The lowest BCUT2D eigenvalue weighted by Gasteiger charge is -2.23. The van der Waals surface area contributed by atoms with E-state index in [4.69, 9.17) is 9.47 Å². The minimum atomic E-state index is -5.01. The fourth-order valence-electron chi connectivity index (χ4n) is 2.45. The molecule has 0 radical (unpaired) electrons. The molecule has 0 aliphatic rings. The van der Waals surface area contributed by atoms with Crippen LogP contribution in [-0.4, -0.2) is 40.5 Å². The van der Waals surface area contributed by atoms with E-state index in [1.165, 1.54) is 12.1 Å². The highest BCUT2D eigenvalue weighted by molar-refractivity contribution is 7.81. The molecule has 164 valence electrons. The third kappa shape index (κ3) is 7.92. The number of halogens is 3. The molecule has 0 saturated heterocycles. The number of rotatable bonds is 6. The van der Waals surface area contributed by atoms with E-state index in [1.54, 1.807) is 34.6 Å². The predicted octanol–water partition coefficient (Wildman–Crippen LogP) is 3.47. The standard InChI is InChI=1S/C18H24F3NO6S/c1-10-7-12(28-29(25)18(19,20)21)8-11(2)13(10)9-14(15(23)26-6)22-16(24)27-17(3,4)5/h7-8,14H,9H2,1-6H3,(H,22,24)/t14-,29?/m0/s1. The lowest BCUT2D eigenvalue weighted by molar-refractivity contribution is -0.143. The van der Waals surface area contributed by atoms with Gasteiger partial charge >= 0.3 is 28.7 Å². The molecular formula is C18H24F3NO6S. The first-order valence-electron chi connectivity index (χ1n) is 8.48. The molecule has 1 rings (SSSR count). The molecule has 1 N–H and O–H groups in total. The van der Waals surface area contributed by atoms with Crippen molar-refractivity contribution < 1.29 is 40.6 Å². The highest BCUT2D eigenvalue weighted by atomic mass is 32.2. The van der Waals surface area contributed by atoms with E-state index in [2.05, 4.69) is 9.50 Å². The molecule has 1 aromatic rings. The topological polar surface area (TPSA) is 90.9 Å². The maximum atomic E-state index is 12.4. The largest absolute Gasteiger partial charge is 0.508 e. The molecule has 11 heteroatoms. The molecule has 0 aliphatic carbocycles. The fourth-order valence-corrected chi connectivity index (χ4v) is 2.81. The van der Waals surface area contributed by atoms with Crippen molar-refractivity contribution in [3.8, 4) is 5.75 Å². The van der Waals surface area contributed by atoms with Gasteiger partial charge in [-0.3, -0.25) is 0 Å². The quantitative estimate of drug-likeness (QED) is 0.683. The number of benzene rings is 1. The highest BCUT2D eigenvalue weighted by Crippen LogP contribution is 2.28. The lowest BCUT2D eigenvalue weighted by Crippen LogP contribution is -2.45. The Labute approximate surface area is 169 Å². The molecule has 0 fully saturated rings. The van der Waals surface area contributed by atoms with E-state index in [0.29, 0.717) is 16.7 Å². The molecule has 1 unspecified atom stereocenters. The Bertz CT molecular complexity index is 766. The summed E-state index contributed by atoms with van der Waals surface area (Å²) in [6, 6.07) is 1.46. The average Bonchev–Trinajstić information content (AvgIpc) is 2.53. The van der Waals surface area contributed by atoms with Gasteiger partial charge in [-0.25, -0.2) is 13.8 Å². The van der Waals surface area contributed by atoms with Gasteiger partial charge in [-0.15, -0.1) is 0 Å². The Balaban J connectivity index is 3.06. The summed E-state index contributed by atoms with van der Waals surface area (Å²) >= 11 is -3.50. The van der Waals surface area contributed by atoms with Gasteiger partial charge < -0.3 is 19.0 Å². The number of aryl methyl sites for hydroxylation is 2. The zero-order valence-electron chi connectivity index (χ0n) is 16.9. The van der Waals surface area contributed by atoms with Gasteiger partial charge in [0.1, 0.15) is 17.4 Å². The summed E-state index contributed by atoms with van der Waals surface area (Å²) in [6.45, 7) is 8.17. The van der Waals surface area contributed by atoms with Crippen LogP contribution < -0.4 is 9.50 Å². The van der Waals surface area contributed by atoms with Crippen LogP contribution in [0.2, 0.25) is 0 Å². The summed E-state index contributed by atoms with van der Waals surface area (Å²) in [5.41, 5.74) is -4.22. The van der Waals surface area contributed by atoms with Crippen LogP contribution in [0.25, 0.3) is 0 Å². The Hall–Kier alpha value is -2.30. The molecule has 7 nitrogen and oxygen atoms in total. The third-order valence-corrected chi connectivity index (χ3v) is 4.34. The minimum absolute atomic E-state index is 0.00617. The van der Waals surface area contributed by atoms with Crippen LogP contribution in [-0.2, 0) is 31.8 Å². The van der Waals surface area contributed by atoms with E-state index in [0.717, 1.165) is 7.11 Å². The van der Waals surface area contributed by atoms with Crippen LogP contribution in [0.15, 0.2) is 12.1 Å². The second kappa shape index (κ2) is 9.47. The van der Waals surface area contributed by atoms with Crippen molar-refractivity contribution in [2.24, 2.45) is 0 Å². The third-order valence-electron chi connectivity index (χ3n) is 3.62. The molecule has 2 atom stereocenters. The number of carbonyl (C=O) groups is 2. The Morgan fingerprint density at radius 2 is 1.66 bits per heavy atom. The van der Waals surface area contributed by atoms with Crippen LogP contribution in [0.5, 0.6) is 5.75 Å². The maximum absolute atomic E-state index is 12.4. The molecule has 0 aliphatic heterocycles. The molecule has 1 amide bonds. The molecule has 1 aromatic carbocycles. The molecule has 0 bridgehead atoms.